The van der Waals surface area contributed by atoms with Crippen molar-refractivity contribution in [2.45, 2.75) is 6.18 Å². The van der Waals surface area contributed by atoms with E-state index in [1.54, 1.807) is 0 Å². The Hall–Kier alpha value is -1.41. The molecule has 9 heteroatoms. The zero-order chi connectivity index (χ0) is 14.2. The zero-order valence-electron chi connectivity index (χ0n) is 9.26. The highest BCUT2D eigenvalue weighted by Crippen LogP contribution is 2.38. The monoisotopic (exact) mass is 312 g/mol. The van der Waals surface area contributed by atoms with Crippen LogP contribution in [0.5, 0.6) is 5.88 Å². The number of thiophene rings is 1. The van der Waals surface area contributed by atoms with Gasteiger partial charge < -0.3 is 4.74 Å². The maximum Gasteiger partial charge on any atom is 0.426 e. The normalized spacial score (nSPS) is 11.7. The molecule has 0 spiro atoms. The Morgan fingerprint density at radius 3 is 2.42 bits per heavy atom. The van der Waals surface area contributed by atoms with Gasteiger partial charge in [0.15, 0.2) is 11.4 Å². The summed E-state index contributed by atoms with van der Waals surface area (Å²) < 4.78 is 56.2. The van der Waals surface area contributed by atoms with Gasteiger partial charge in [0, 0.05) is 0 Å². The number of hydrogen-bond acceptors (Lipinski definition) is 4. The summed E-state index contributed by atoms with van der Waals surface area (Å²) in [7, 11) is 0.974. The molecule has 2 aromatic rings. The van der Waals surface area contributed by atoms with Crippen LogP contribution in [0.25, 0.3) is 10.7 Å². The van der Waals surface area contributed by atoms with E-state index in [1.165, 1.54) is 12.1 Å². The fourth-order valence-corrected chi connectivity index (χ4v) is 2.32. The SMILES string of the molecule is COc1nc(-c2ccc(Cl)s2)nc(F)c1C(F)(F)F. The number of halogens is 5. The zero-order valence-corrected chi connectivity index (χ0v) is 10.8. The second kappa shape index (κ2) is 4.93. The van der Waals surface area contributed by atoms with Crippen molar-refractivity contribution < 1.29 is 22.3 Å². The van der Waals surface area contributed by atoms with Gasteiger partial charge in [-0.2, -0.15) is 27.5 Å². The number of hydrogen-bond donors (Lipinski definition) is 0. The molecule has 0 unspecified atom stereocenters. The van der Waals surface area contributed by atoms with Crippen LogP contribution in [-0.4, -0.2) is 17.1 Å². The summed E-state index contributed by atoms with van der Waals surface area (Å²) in [5.74, 6) is -2.75. The molecule has 102 valence electrons. The average molecular weight is 313 g/mol. The molecule has 3 nitrogen and oxygen atoms in total. The minimum Gasteiger partial charge on any atom is -0.480 e. The first-order valence-corrected chi connectivity index (χ1v) is 5.97. The van der Waals surface area contributed by atoms with Gasteiger partial charge in [0.05, 0.1) is 16.3 Å². The van der Waals surface area contributed by atoms with Crippen molar-refractivity contribution in [2.24, 2.45) is 0 Å². The van der Waals surface area contributed by atoms with Gasteiger partial charge in [0.2, 0.25) is 11.8 Å². The first kappa shape index (κ1) is 14.0. The number of methoxy groups -OCH3 is 1. The quantitative estimate of drug-likeness (QED) is 0.620. The molecular weight excluding hydrogens is 308 g/mol. The van der Waals surface area contributed by atoms with Crippen molar-refractivity contribution in [2.75, 3.05) is 7.11 Å². The van der Waals surface area contributed by atoms with E-state index in [-0.39, 0.29) is 5.82 Å². The maximum atomic E-state index is 13.5. The van der Waals surface area contributed by atoms with Gasteiger partial charge in [0.25, 0.3) is 0 Å². The second-order valence-corrected chi connectivity index (χ2v) is 5.04. The number of rotatable bonds is 2. The van der Waals surface area contributed by atoms with Crippen LogP contribution in [0.15, 0.2) is 12.1 Å². The molecule has 0 aliphatic carbocycles. The van der Waals surface area contributed by atoms with Crippen LogP contribution in [0, 0.1) is 5.95 Å². The number of ether oxygens (including phenoxy) is 1. The fourth-order valence-electron chi connectivity index (χ4n) is 1.34. The van der Waals surface area contributed by atoms with Gasteiger partial charge in [-0.1, -0.05) is 11.6 Å². The van der Waals surface area contributed by atoms with E-state index in [4.69, 9.17) is 11.6 Å². The van der Waals surface area contributed by atoms with Crippen molar-refractivity contribution in [3.8, 4) is 16.6 Å². The molecule has 0 aliphatic heterocycles. The fraction of sp³-hybridized carbons (Fsp3) is 0.200. The van der Waals surface area contributed by atoms with Crippen LogP contribution >= 0.6 is 22.9 Å². The third-order valence-corrected chi connectivity index (χ3v) is 3.33. The van der Waals surface area contributed by atoms with Gasteiger partial charge in [-0.15, -0.1) is 11.3 Å². The van der Waals surface area contributed by atoms with E-state index in [2.05, 4.69) is 14.7 Å². The van der Waals surface area contributed by atoms with Crippen LogP contribution < -0.4 is 4.74 Å². The summed E-state index contributed by atoms with van der Waals surface area (Å²) in [6.07, 6.45) is -4.93. The van der Waals surface area contributed by atoms with Gasteiger partial charge >= 0.3 is 6.18 Å². The minimum atomic E-state index is -4.93. The van der Waals surface area contributed by atoms with E-state index in [1.807, 2.05) is 0 Å². The predicted molar refractivity (Wildman–Crippen MR) is 61.9 cm³/mol. The standard InChI is InChI=1S/C10H5ClF4N2OS/c1-18-9-6(10(13,14)15)7(12)16-8(17-9)4-2-3-5(11)19-4/h2-3H,1H3. The smallest absolute Gasteiger partial charge is 0.426 e. The average Bonchev–Trinajstić information content (AvgIpc) is 2.73. The van der Waals surface area contributed by atoms with E-state index in [9.17, 15) is 17.6 Å². The van der Waals surface area contributed by atoms with Crippen molar-refractivity contribution in [1.82, 2.24) is 9.97 Å². The highest BCUT2D eigenvalue weighted by Gasteiger charge is 2.40. The van der Waals surface area contributed by atoms with Gasteiger partial charge in [0.1, 0.15) is 0 Å². The van der Waals surface area contributed by atoms with Gasteiger partial charge in [-0.25, -0.2) is 0 Å². The van der Waals surface area contributed by atoms with Crippen molar-refractivity contribution >= 4 is 22.9 Å². The molecule has 19 heavy (non-hydrogen) atoms. The predicted octanol–water partition coefficient (Wildman–Crippen LogP) is 4.03. The van der Waals surface area contributed by atoms with Crippen molar-refractivity contribution in [3.63, 3.8) is 0 Å². The van der Waals surface area contributed by atoms with Gasteiger partial charge in [-0.05, 0) is 12.1 Å². The molecule has 0 atom stereocenters. The first-order valence-electron chi connectivity index (χ1n) is 4.77. The molecule has 0 saturated heterocycles. The minimum absolute atomic E-state index is 0.209. The third kappa shape index (κ3) is 2.79. The van der Waals surface area contributed by atoms with Crippen LogP contribution in [0.2, 0.25) is 4.34 Å². The molecule has 0 aromatic carbocycles. The van der Waals surface area contributed by atoms with Crippen LogP contribution in [0.1, 0.15) is 5.56 Å². The molecule has 0 N–H and O–H groups in total. The highest BCUT2D eigenvalue weighted by atomic mass is 35.5. The number of nitrogens with zero attached hydrogens (tertiary/aromatic N) is 2. The van der Waals surface area contributed by atoms with E-state index >= 15 is 0 Å². The Morgan fingerprint density at radius 1 is 1.26 bits per heavy atom. The highest BCUT2D eigenvalue weighted by molar-refractivity contribution is 7.19. The summed E-state index contributed by atoms with van der Waals surface area (Å²) in [6.45, 7) is 0. The molecule has 0 saturated carbocycles. The molecule has 0 bridgehead atoms. The third-order valence-electron chi connectivity index (χ3n) is 2.10. The molecule has 0 fully saturated rings. The summed E-state index contributed by atoms with van der Waals surface area (Å²) >= 11 is 6.70. The lowest BCUT2D eigenvalue weighted by Crippen LogP contribution is -2.14. The lowest BCUT2D eigenvalue weighted by atomic mass is 10.3. The number of alkyl halides is 3. The molecule has 0 amide bonds. The lowest BCUT2D eigenvalue weighted by molar-refractivity contribution is -0.142. The van der Waals surface area contributed by atoms with Gasteiger partial charge in [-0.3, -0.25) is 0 Å². The van der Waals surface area contributed by atoms with E-state index in [0.29, 0.717) is 9.21 Å². The Balaban J connectivity index is 2.60. The lowest BCUT2D eigenvalue weighted by Gasteiger charge is -2.11. The second-order valence-electron chi connectivity index (χ2n) is 3.32. The molecule has 0 aliphatic rings. The maximum absolute atomic E-state index is 13.5. The molecule has 0 radical (unpaired) electrons. The molecule has 2 heterocycles. The summed E-state index contributed by atoms with van der Waals surface area (Å²) in [5.41, 5.74) is -1.62. The topological polar surface area (TPSA) is 35.0 Å². The first-order chi connectivity index (χ1) is 8.82. The Morgan fingerprint density at radius 2 is 1.95 bits per heavy atom. The van der Waals surface area contributed by atoms with Crippen molar-refractivity contribution in [1.29, 1.82) is 0 Å². The molecular formula is C10H5ClF4N2OS. The van der Waals surface area contributed by atoms with E-state index < -0.39 is 23.6 Å². The summed E-state index contributed by atoms with van der Waals surface area (Å²) in [5, 5.41) is 0. The van der Waals surface area contributed by atoms with Crippen LogP contribution in [-0.2, 0) is 6.18 Å². The van der Waals surface area contributed by atoms with Crippen LogP contribution in [0.3, 0.4) is 0 Å². The Bertz CT molecular complexity index is 614. The van der Waals surface area contributed by atoms with Crippen LogP contribution in [0.4, 0.5) is 17.6 Å². The summed E-state index contributed by atoms with van der Waals surface area (Å²) in [6, 6.07) is 2.99. The molecule has 2 rings (SSSR count). The number of aromatic nitrogens is 2. The Kier molecular flexibility index (Phi) is 3.64. The largest absolute Gasteiger partial charge is 0.480 e. The van der Waals surface area contributed by atoms with E-state index in [0.717, 1.165) is 18.4 Å². The Labute approximate surface area is 113 Å². The molecule has 2 aromatic heterocycles. The summed E-state index contributed by atoms with van der Waals surface area (Å²) in [4.78, 5) is 7.11. The van der Waals surface area contributed by atoms with Crippen molar-refractivity contribution in [3.05, 3.63) is 28.0 Å².